The molecule has 4 saturated carbocycles. The van der Waals surface area contributed by atoms with E-state index in [9.17, 15) is 4.79 Å². The first-order valence-electron chi connectivity index (χ1n) is 7.23. The van der Waals surface area contributed by atoms with Crippen molar-refractivity contribution in [1.82, 2.24) is 0 Å². The van der Waals surface area contributed by atoms with E-state index in [1.54, 1.807) is 0 Å². The fourth-order valence-electron chi connectivity index (χ4n) is 5.81. The maximum absolute atomic E-state index is 10.9. The van der Waals surface area contributed by atoms with E-state index in [2.05, 4.69) is 29.8 Å². The van der Waals surface area contributed by atoms with E-state index >= 15 is 0 Å². The molecule has 18 heavy (non-hydrogen) atoms. The van der Waals surface area contributed by atoms with Crippen LogP contribution in [-0.2, 0) is 9.53 Å². The molecule has 0 N–H and O–H groups in total. The summed E-state index contributed by atoms with van der Waals surface area (Å²) in [5, 5.41) is 0. The molecule has 0 spiro atoms. The molecule has 4 aliphatic carbocycles. The number of carbonyl (C=O) groups excluding carboxylic acids is 1. The molecule has 4 aliphatic rings. The molecule has 4 rings (SSSR count). The van der Waals surface area contributed by atoms with Crippen LogP contribution in [-0.4, -0.2) is 16.4 Å². The molecule has 0 heterocycles. The molecule has 102 valence electrons. The standard InChI is InChI=1S/C15H23BrO2/c1-3-12-5-13(4-2)7-14(16,6-12)10-15(8-12,9-13)18-11-17/h11H,3-10H2,1-2H3. The van der Waals surface area contributed by atoms with Crippen LogP contribution in [0.25, 0.3) is 0 Å². The first-order valence-corrected chi connectivity index (χ1v) is 8.02. The molecule has 0 aromatic heterocycles. The summed E-state index contributed by atoms with van der Waals surface area (Å²) < 4.78 is 5.87. The quantitative estimate of drug-likeness (QED) is 0.574. The van der Waals surface area contributed by atoms with E-state index < -0.39 is 0 Å². The molecular formula is C15H23BrO2. The molecule has 0 aromatic carbocycles. The van der Waals surface area contributed by atoms with Crippen LogP contribution in [0, 0.1) is 10.8 Å². The van der Waals surface area contributed by atoms with Crippen molar-refractivity contribution in [3.63, 3.8) is 0 Å². The number of rotatable bonds is 4. The van der Waals surface area contributed by atoms with Crippen LogP contribution in [0.4, 0.5) is 0 Å². The van der Waals surface area contributed by atoms with Crippen molar-refractivity contribution >= 4 is 22.4 Å². The predicted molar refractivity (Wildman–Crippen MR) is 74.7 cm³/mol. The van der Waals surface area contributed by atoms with Crippen molar-refractivity contribution in [3.8, 4) is 0 Å². The van der Waals surface area contributed by atoms with Gasteiger partial charge in [0.25, 0.3) is 6.47 Å². The highest BCUT2D eigenvalue weighted by atomic mass is 79.9. The van der Waals surface area contributed by atoms with Crippen molar-refractivity contribution in [2.75, 3.05) is 0 Å². The number of hydrogen-bond donors (Lipinski definition) is 0. The zero-order chi connectivity index (χ0) is 13.1. The maximum atomic E-state index is 10.9. The van der Waals surface area contributed by atoms with Gasteiger partial charge in [-0.25, -0.2) is 0 Å². The van der Waals surface area contributed by atoms with Crippen LogP contribution in [0.1, 0.15) is 65.2 Å². The van der Waals surface area contributed by atoms with Gasteiger partial charge in [-0.1, -0.05) is 42.6 Å². The summed E-state index contributed by atoms with van der Waals surface area (Å²) in [5.41, 5.74) is 0.626. The van der Waals surface area contributed by atoms with Gasteiger partial charge in [0.05, 0.1) is 0 Å². The zero-order valence-corrected chi connectivity index (χ0v) is 13.0. The minimum absolute atomic E-state index is 0.175. The van der Waals surface area contributed by atoms with Gasteiger partial charge in [0.1, 0.15) is 5.60 Å². The average Bonchev–Trinajstić information content (AvgIpc) is 2.26. The predicted octanol–water partition coefficient (Wildman–Crippen LogP) is 4.21. The van der Waals surface area contributed by atoms with Crippen molar-refractivity contribution in [3.05, 3.63) is 0 Å². The van der Waals surface area contributed by atoms with Gasteiger partial charge >= 0.3 is 0 Å². The van der Waals surface area contributed by atoms with Crippen LogP contribution < -0.4 is 0 Å². The Morgan fingerprint density at radius 3 is 2.00 bits per heavy atom. The van der Waals surface area contributed by atoms with Crippen LogP contribution in [0.3, 0.4) is 0 Å². The fraction of sp³-hybridized carbons (Fsp3) is 0.933. The summed E-state index contributed by atoms with van der Waals surface area (Å²) in [4.78, 5) is 10.9. The molecule has 2 nitrogen and oxygen atoms in total. The molecule has 4 fully saturated rings. The van der Waals surface area contributed by atoms with Gasteiger partial charge in [-0.15, -0.1) is 0 Å². The number of halogens is 1. The van der Waals surface area contributed by atoms with Gasteiger partial charge in [-0.05, 0) is 42.9 Å². The largest absolute Gasteiger partial charge is 0.461 e. The van der Waals surface area contributed by atoms with Crippen molar-refractivity contribution in [2.24, 2.45) is 10.8 Å². The molecule has 0 aliphatic heterocycles. The second-order valence-corrected chi connectivity index (χ2v) is 9.00. The summed E-state index contributed by atoms with van der Waals surface area (Å²) in [6, 6.07) is 0. The van der Waals surface area contributed by atoms with Gasteiger partial charge in [0.2, 0.25) is 0 Å². The van der Waals surface area contributed by atoms with E-state index in [0.29, 0.717) is 17.3 Å². The summed E-state index contributed by atoms with van der Waals surface area (Å²) in [5.74, 6) is 0. The summed E-state index contributed by atoms with van der Waals surface area (Å²) in [6.07, 6.45) is 9.49. The molecular weight excluding hydrogens is 292 g/mol. The lowest BCUT2D eigenvalue weighted by atomic mass is 9.41. The molecule has 4 bridgehead atoms. The Morgan fingerprint density at radius 1 is 1.00 bits per heavy atom. The van der Waals surface area contributed by atoms with Crippen molar-refractivity contribution in [1.29, 1.82) is 0 Å². The molecule has 0 aromatic rings. The van der Waals surface area contributed by atoms with Crippen molar-refractivity contribution < 1.29 is 9.53 Å². The number of ether oxygens (including phenoxy) is 1. The molecule has 2 atom stereocenters. The van der Waals surface area contributed by atoms with Gasteiger partial charge in [0.15, 0.2) is 0 Å². The first-order chi connectivity index (χ1) is 8.42. The first kappa shape index (κ1) is 13.0. The van der Waals surface area contributed by atoms with Crippen LogP contribution in [0.15, 0.2) is 0 Å². The summed E-state index contributed by atoms with van der Waals surface area (Å²) in [6.45, 7) is 5.30. The summed E-state index contributed by atoms with van der Waals surface area (Å²) in [7, 11) is 0. The van der Waals surface area contributed by atoms with Crippen LogP contribution in [0.5, 0.6) is 0 Å². The lowest BCUT2D eigenvalue weighted by Crippen LogP contribution is -2.65. The SMILES string of the molecule is CCC12CC3(Br)CC(CC)(C1)CC(OC=O)(C3)C2. The minimum Gasteiger partial charge on any atom is -0.461 e. The number of alkyl halides is 1. The number of carbonyl (C=O) groups is 1. The fourth-order valence-corrected chi connectivity index (χ4v) is 7.51. The molecule has 0 radical (unpaired) electrons. The molecule has 3 heteroatoms. The van der Waals surface area contributed by atoms with E-state index in [0.717, 1.165) is 19.3 Å². The van der Waals surface area contributed by atoms with E-state index in [-0.39, 0.29) is 9.93 Å². The Hall–Kier alpha value is -0.0500. The number of hydrogen-bond acceptors (Lipinski definition) is 2. The Balaban J connectivity index is 2.04. The Bertz CT molecular complexity index is 359. The van der Waals surface area contributed by atoms with Crippen molar-refractivity contribution in [2.45, 2.75) is 75.1 Å². The third kappa shape index (κ3) is 1.69. The van der Waals surface area contributed by atoms with Gasteiger partial charge in [0, 0.05) is 10.7 Å². The lowest BCUT2D eigenvalue weighted by Gasteiger charge is -2.68. The third-order valence-corrected chi connectivity index (χ3v) is 6.81. The monoisotopic (exact) mass is 314 g/mol. The smallest absolute Gasteiger partial charge is 0.293 e. The average molecular weight is 315 g/mol. The summed E-state index contributed by atoms with van der Waals surface area (Å²) >= 11 is 4.02. The second kappa shape index (κ2) is 3.74. The van der Waals surface area contributed by atoms with Gasteiger partial charge < -0.3 is 4.74 Å². The molecule has 2 unspecified atom stereocenters. The van der Waals surface area contributed by atoms with E-state index in [1.165, 1.54) is 32.1 Å². The second-order valence-electron chi connectivity index (χ2n) is 7.32. The van der Waals surface area contributed by atoms with Gasteiger partial charge in [-0.2, -0.15) is 0 Å². The third-order valence-electron chi connectivity index (χ3n) is 5.97. The Morgan fingerprint density at radius 2 is 1.56 bits per heavy atom. The Labute approximate surface area is 118 Å². The maximum Gasteiger partial charge on any atom is 0.293 e. The highest BCUT2D eigenvalue weighted by molar-refractivity contribution is 9.10. The molecule has 0 amide bonds. The highest BCUT2D eigenvalue weighted by Gasteiger charge is 2.67. The van der Waals surface area contributed by atoms with Crippen LogP contribution >= 0.6 is 15.9 Å². The Kier molecular flexibility index (Phi) is 2.69. The van der Waals surface area contributed by atoms with E-state index in [4.69, 9.17) is 4.74 Å². The van der Waals surface area contributed by atoms with E-state index in [1.807, 2.05) is 0 Å². The zero-order valence-electron chi connectivity index (χ0n) is 11.4. The normalized spacial score (nSPS) is 53.5. The topological polar surface area (TPSA) is 26.3 Å². The lowest BCUT2D eigenvalue weighted by molar-refractivity contribution is -0.206. The van der Waals surface area contributed by atoms with Gasteiger partial charge in [-0.3, -0.25) is 4.79 Å². The highest BCUT2D eigenvalue weighted by Crippen LogP contribution is 2.72. The minimum atomic E-state index is -0.175. The van der Waals surface area contributed by atoms with Crippen LogP contribution in [0.2, 0.25) is 0 Å². The molecule has 0 saturated heterocycles.